The van der Waals surface area contributed by atoms with Crippen LogP contribution in [0.1, 0.15) is 0 Å². The molecule has 0 fully saturated rings. The lowest BCUT2D eigenvalue weighted by molar-refractivity contribution is 0.670. The normalized spacial score (nSPS) is 12.0. The van der Waals surface area contributed by atoms with Gasteiger partial charge in [-0.1, -0.05) is 170 Å². The van der Waals surface area contributed by atoms with E-state index in [1.165, 1.54) is 88.0 Å². The van der Waals surface area contributed by atoms with Gasteiger partial charge in [-0.25, -0.2) is 0 Å². The zero-order chi connectivity index (χ0) is 36.0. The topological polar surface area (TPSA) is 13.1 Å². The van der Waals surface area contributed by atoms with Crippen LogP contribution in [0.15, 0.2) is 199 Å². The Labute approximate surface area is 318 Å². The third-order valence-electron chi connectivity index (χ3n) is 11.8. The van der Waals surface area contributed by atoms with Gasteiger partial charge in [0.2, 0.25) is 0 Å². The minimum absolute atomic E-state index is 0.904. The van der Waals surface area contributed by atoms with E-state index in [-0.39, 0.29) is 0 Å². The summed E-state index contributed by atoms with van der Waals surface area (Å²) < 4.78 is 6.69. The predicted molar refractivity (Wildman–Crippen MR) is 232 cm³/mol. The summed E-state index contributed by atoms with van der Waals surface area (Å²) >= 11 is 0. The van der Waals surface area contributed by atoms with Gasteiger partial charge >= 0.3 is 0 Å². The molecule has 0 spiro atoms. The van der Waals surface area contributed by atoms with E-state index >= 15 is 0 Å². The SMILES string of the molecule is c1ccc2c(c1)-c1ccccc1-c1cc(-c3cccc4c3oc3ccccc34)cc(-c3ccc4c5ccccc5c5ccccc5c4c3)c1-c1ccccc1-2. The Morgan fingerprint density at radius 2 is 0.673 bits per heavy atom. The Morgan fingerprint density at radius 3 is 1.31 bits per heavy atom. The van der Waals surface area contributed by atoms with Crippen molar-refractivity contribution in [1.29, 1.82) is 0 Å². The van der Waals surface area contributed by atoms with E-state index in [2.05, 4.69) is 188 Å². The minimum Gasteiger partial charge on any atom is -0.455 e. The van der Waals surface area contributed by atoms with Crippen molar-refractivity contribution in [2.45, 2.75) is 0 Å². The molecule has 0 radical (unpaired) electrons. The van der Waals surface area contributed by atoms with Crippen LogP contribution in [0.2, 0.25) is 0 Å². The van der Waals surface area contributed by atoms with E-state index in [1.807, 2.05) is 6.07 Å². The van der Waals surface area contributed by atoms with Crippen LogP contribution in [0.4, 0.5) is 0 Å². The molecular weight excluding hydrogens is 665 g/mol. The van der Waals surface area contributed by atoms with Crippen molar-refractivity contribution in [2.75, 3.05) is 0 Å². The molecule has 1 aliphatic rings. The monoisotopic (exact) mass is 696 g/mol. The van der Waals surface area contributed by atoms with Crippen LogP contribution in [-0.4, -0.2) is 0 Å². The maximum atomic E-state index is 6.69. The number of hydrogen-bond donors (Lipinski definition) is 0. The molecule has 0 aliphatic heterocycles. The lowest BCUT2D eigenvalue weighted by Crippen LogP contribution is -2.00. The summed E-state index contributed by atoms with van der Waals surface area (Å²) in [4.78, 5) is 0. The second kappa shape index (κ2) is 11.6. The maximum Gasteiger partial charge on any atom is 0.143 e. The molecule has 0 N–H and O–H groups in total. The summed E-state index contributed by atoms with van der Waals surface area (Å²) in [5, 5.41) is 9.90. The van der Waals surface area contributed by atoms with Crippen molar-refractivity contribution < 1.29 is 4.42 Å². The molecule has 0 saturated carbocycles. The highest BCUT2D eigenvalue weighted by Gasteiger charge is 2.26. The lowest BCUT2D eigenvalue weighted by Gasteiger charge is -2.26. The molecule has 1 heteroatoms. The van der Waals surface area contributed by atoms with Gasteiger partial charge in [0, 0.05) is 16.3 Å². The molecule has 0 unspecified atom stereocenters. The second-order valence-electron chi connectivity index (χ2n) is 14.7. The first-order valence-electron chi connectivity index (χ1n) is 19.0. The van der Waals surface area contributed by atoms with E-state index < -0.39 is 0 Å². The van der Waals surface area contributed by atoms with Crippen LogP contribution in [0.5, 0.6) is 0 Å². The third kappa shape index (κ3) is 4.41. The molecule has 254 valence electrons. The number of benzene rings is 10. The number of fused-ring (bicyclic) bond motifs is 17. The van der Waals surface area contributed by atoms with Crippen LogP contribution < -0.4 is 0 Å². The lowest BCUT2D eigenvalue weighted by atomic mass is 9.77. The maximum absolute atomic E-state index is 6.69. The van der Waals surface area contributed by atoms with Crippen molar-refractivity contribution in [3.63, 3.8) is 0 Å². The van der Waals surface area contributed by atoms with Gasteiger partial charge in [-0.15, -0.1) is 0 Å². The van der Waals surface area contributed by atoms with Gasteiger partial charge in [0.05, 0.1) is 0 Å². The molecule has 1 aromatic heterocycles. The molecule has 55 heavy (non-hydrogen) atoms. The van der Waals surface area contributed by atoms with Crippen LogP contribution in [0.3, 0.4) is 0 Å². The quantitative estimate of drug-likeness (QED) is 0.164. The van der Waals surface area contributed by atoms with Crippen LogP contribution in [-0.2, 0) is 0 Å². The summed E-state index contributed by atoms with van der Waals surface area (Å²) in [5.41, 5.74) is 16.3. The summed E-state index contributed by atoms with van der Waals surface area (Å²) in [5.74, 6) is 0. The smallest absolute Gasteiger partial charge is 0.143 e. The van der Waals surface area contributed by atoms with Crippen molar-refractivity contribution in [1.82, 2.24) is 0 Å². The summed E-state index contributed by atoms with van der Waals surface area (Å²) in [6.07, 6.45) is 0. The first-order valence-corrected chi connectivity index (χ1v) is 19.0. The molecule has 11 aromatic rings. The van der Waals surface area contributed by atoms with Crippen molar-refractivity contribution >= 4 is 54.3 Å². The largest absolute Gasteiger partial charge is 0.455 e. The molecule has 10 aromatic carbocycles. The highest BCUT2D eigenvalue weighted by Crippen LogP contribution is 2.53. The zero-order valence-electron chi connectivity index (χ0n) is 29.9. The molecule has 0 amide bonds. The third-order valence-corrected chi connectivity index (χ3v) is 11.8. The van der Waals surface area contributed by atoms with Crippen molar-refractivity contribution in [2.24, 2.45) is 0 Å². The van der Waals surface area contributed by atoms with E-state index in [0.717, 1.165) is 33.1 Å². The van der Waals surface area contributed by atoms with Gasteiger partial charge in [0.1, 0.15) is 11.2 Å². The molecular formula is C54H32O. The van der Waals surface area contributed by atoms with Gasteiger partial charge in [0.25, 0.3) is 0 Å². The van der Waals surface area contributed by atoms with Gasteiger partial charge in [-0.3, -0.25) is 0 Å². The molecule has 1 aliphatic carbocycles. The fourth-order valence-corrected chi connectivity index (χ4v) is 9.42. The Kier molecular flexibility index (Phi) is 6.40. The molecule has 0 atom stereocenters. The Morgan fingerprint density at radius 1 is 0.236 bits per heavy atom. The average Bonchev–Trinajstić information content (AvgIpc) is 3.64. The van der Waals surface area contributed by atoms with Crippen LogP contribution in [0, 0.1) is 0 Å². The Bertz CT molecular complexity index is 3340. The standard InChI is InChI=1S/C54H32O/c1-3-16-38-36(14-1)40-18-6-8-22-44(40)51-32-34(35-25-13-26-48-46-23-11-12-27-52(46)55-54(35)48)31-49(53(51)47-24-10-9-20-42(38)47)33-28-29-45-41-19-4-2-15-37(41)39-17-5-7-21-43(39)50(45)30-33/h1-32H. The average molecular weight is 697 g/mol. The second-order valence-corrected chi connectivity index (χ2v) is 14.7. The molecule has 1 nitrogen and oxygen atoms in total. The number of rotatable bonds is 2. The van der Waals surface area contributed by atoms with E-state index in [9.17, 15) is 0 Å². The first kappa shape index (κ1) is 30.3. The molecule has 0 saturated heterocycles. The van der Waals surface area contributed by atoms with Gasteiger partial charge in [-0.2, -0.15) is 0 Å². The van der Waals surface area contributed by atoms with E-state index in [4.69, 9.17) is 4.42 Å². The van der Waals surface area contributed by atoms with Crippen molar-refractivity contribution in [3.8, 4) is 66.8 Å². The fourth-order valence-electron chi connectivity index (χ4n) is 9.42. The minimum atomic E-state index is 0.904. The molecule has 1 heterocycles. The zero-order valence-corrected chi connectivity index (χ0v) is 29.9. The highest BCUT2D eigenvalue weighted by atomic mass is 16.3. The van der Waals surface area contributed by atoms with E-state index in [1.54, 1.807) is 0 Å². The summed E-state index contributed by atoms with van der Waals surface area (Å²) in [6, 6.07) is 71.3. The Hall–Kier alpha value is -7.22. The van der Waals surface area contributed by atoms with Crippen molar-refractivity contribution in [3.05, 3.63) is 194 Å². The van der Waals surface area contributed by atoms with E-state index in [0.29, 0.717) is 0 Å². The van der Waals surface area contributed by atoms with Gasteiger partial charge in [-0.05, 0) is 118 Å². The van der Waals surface area contributed by atoms with Gasteiger partial charge in [0.15, 0.2) is 0 Å². The summed E-state index contributed by atoms with van der Waals surface area (Å²) in [7, 11) is 0. The van der Waals surface area contributed by atoms with Crippen LogP contribution >= 0.6 is 0 Å². The number of para-hydroxylation sites is 2. The number of furan rings is 1. The van der Waals surface area contributed by atoms with Crippen LogP contribution in [0.25, 0.3) is 121 Å². The first-order chi connectivity index (χ1) is 27.3. The molecule has 0 bridgehead atoms. The predicted octanol–water partition coefficient (Wildman–Crippen LogP) is 15.4. The number of hydrogen-bond acceptors (Lipinski definition) is 1. The molecule has 12 rings (SSSR count). The highest BCUT2D eigenvalue weighted by molar-refractivity contribution is 6.26. The Balaban J connectivity index is 1.25. The fraction of sp³-hybridized carbons (Fsp3) is 0. The summed E-state index contributed by atoms with van der Waals surface area (Å²) in [6.45, 7) is 0. The van der Waals surface area contributed by atoms with Gasteiger partial charge < -0.3 is 4.42 Å².